The third-order valence-corrected chi connectivity index (χ3v) is 4.13. The van der Waals surface area contributed by atoms with E-state index in [-0.39, 0.29) is 11.6 Å². The molecule has 0 fully saturated rings. The molecular formula is C19H17ClN2O4. The molecule has 0 atom stereocenters. The summed E-state index contributed by atoms with van der Waals surface area (Å²) in [6.07, 6.45) is 1.66. The van der Waals surface area contributed by atoms with E-state index in [1.54, 1.807) is 63.8 Å². The zero-order valence-electron chi connectivity index (χ0n) is 14.5. The number of aliphatic imine (C=N–C) groups is 1. The molecule has 0 unspecified atom stereocenters. The quantitative estimate of drug-likeness (QED) is 0.818. The van der Waals surface area contributed by atoms with Crippen molar-refractivity contribution in [1.29, 1.82) is 0 Å². The molecule has 0 saturated carbocycles. The van der Waals surface area contributed by atoms with Gasteiger partial charge in [-0.25, -0.2) is 4.99 Å². The lowest BCUT2D eigenvalue weighted by atomic mass is 10.2. The first kappa shape index (κ1) is 17.8. The Bertz CT molecular complexity index is 922. The van der Waals surface area contributed by atoms with Gasteiger partial charge in [0, 0.05) is 5.56 Å². The van der Waals surface area contributed by atoms with E-state index >= 15 is 0 Å². The van der Waals surface area contributed by atoms with Gasteiger partial charge in [0.25, 0.3) is 5.91 Å². The predicted octanol–water partition coefficient (Wildman–Crippen LogP) is 3.28. The van der Waals surface area contributed by atoms with Crippen molar-refractivity contribution >= 4 is 29.4 Å². The van der Waals surface area contributed by atoms with Crippen molar-refractivity contribution in [1.82, 2.24) is 5.32 Å². The van der Waals surface area contributed by atoms with Crippen LogP contribution in [0.3, 0.4) is 0 Å². The van der Waals surface area contributed by atoms with E-state index in [2.05, 4.69) is 10.3 Å². The second kappa shape index (κ2) is 7.49. The summed E-state index contributed by atoms with van der Waals surface area (Å²) in [4.78, 5) is 16.6. The van der Waals surface area contributed by atoms with Crippen molar-refractivity contribution in [3.63, 3.8) is 0 Å². The zero-order chi connectivity index (χ0) is 18.7. The maximum Gasteiger partial charge on any atom is 0.275 e. The van der Waals surface area contributed by atoms with Crippen molar-refractivity contribution in [3.05, 3.63) is 58.2 Å². The van der Waals surface area contributed by atoms with Crippen molar-refractivity contribution in [2.45, 2.75) is 0 Å². The number of benzene rings is 2. The van der Waals surface area contributed by atoms with Crippen molar-refractivity contribution in [3.8, 4) is 17.2 Å². The summed E-state index contributed by atoms with van der Waals surface area (Å²) in [5.74, 6) is 1.88. The lowest BCUT2D eigenvalue weighted by Gasteiger charge is -2.09. The Morgan fingerprint density at radius 1 is 0.962 bits per heavy atom. The van der Waals surface area contributed by atoms with Crippen LogP contribution in [0.15, 0.2) is 47.1 Å². The first-order valence-corrected chi connectivity index (χ1v) is 8.11. The topological polar surface area (TPSA) is 69.2 Å². The van der Waals surface area contributed by atoms with Crippen molar-refractivity contribution in [2.24, 2.45) is 4.99 Å². The normalized spacial score (nSPS) is 14.8. The molecule has 2 aromatic carbocycles. The Morgan fingerprint density at radius 3 is 2.31 bits per heavy atom. The van der Waals surface area contributed by atoms with Gasteiger partial charge < -0.3 is 19.5 Å². The van der Waals surface area contributed by atoms with Gasteiger partial charge >= 0.3 is 0 Å². The standard InChI is InChI=1S/C19H17ClN2O4/c1-24-15-6-4-11(8-13(15)20)9-14-19(23)22-18(21-14)12-5-7-16(25-2)17(10-12)26-3/h4-10H,1-3H3,(H,21,22,23)/b14-9+. The minimum atomic E-state index is -0.290. The Kier molecular flexibility index (Phi) is 5.14. The number of nitrogens with zero attached hydrogens (tertiary/aromatic N) is 1. The highest BCUT2D eigenvalue weighted by Crippen LogP contribution is 2.29. The summed E-state index contributed by atoms with van der Waals surface area (Å²) in [5.41, 5.74) is 1.75. The number of methoxy groups -OCH3 is 3. The molecule has 1 aliphatic heterocycles. The molecule has 134 valence electrons. The van der Waals surface area contributed by atoms with Crippen LogP contribution in [-0.2, 0) is 4.79 Å². The van der Waals surface area contributed by atoms with Gasteiger partial charge in [0.1, 0.15) is 17.3 Å². The van der Waals surface area contributed by atoms with E-state index in [4.69, 9.17) is 25.8 Å². The van der Waals surface area contributed by atoms with E-state index in [1.165, 1.54) is 0 Å². The van der Waals surface area contributed by atoms with Crippen LogP contribution in [0.1, 0.15) is 11.1 Å². The molecule has 0 spiro atoms. The van der Waals surface area contributed by atoms with E-state index in [1.807, 2.05) is 0 Å². The number of nitrogens with one attached hydrogen (secondary N) is 1. The van der Waals surface area contributed by atoms with Crippen LogP contribution in [-0.4, -0.2) is 33.1 Å². The molecular weight excluding hydrogens is 356 g/mol. The van der Waals surface area contributed by atoms with E-state index < -0.39 is 0 Å². The van der Waals surface area contributed by atoms with Crippen LogP contribution in [0.5, 0.6) is 17.2 Å². The molecule has 0 aromatic heterocycles. The van der Waals surface area contributed by atoms with Crippen LogP contribution in [0.25, 0.3) is 6.08 Å². The van der Waals surface area contributed by atoms with Crippen LogP contribution in [0.2, 0.25) is 5.02 Å². The molecule has 1 heterocycles. The summed E-state index contributed by atoms with van der Waals surface area (Å²) in [7, 11) is 4.66. The lowest BCUT2D eigenvalue weighted by Crippen LogP contribution is -2.24. The molecule has 3 rings (SSSR count). The van der Waals surface area contributed by atoms with E-state index in [0.29, 0.717) is 33.7 Å². The third kappa shape index (κ3) is 3.50. The number of carbonyl (C=O) groups is 1. The molecule has 0 saturated heterocycles. The molecule has 6 nitrogen and oxygen atoms in total. The monoisotopic (exact) mass is 372 g/mol. The van der Waals surface area contributed by atoms with Crippen LogP contribution in [0.4, 0.5) is 0 Å². The number of hydrogen-bond donors (Lipinski definition) is 1. The second-order valence-corrected chi connectivity index (χ2v) is 5.82. The Morgan fingerprint density at radius 2 is 1.65 bits per heavy atom. The molecule has 1 aliphatic rings. The average molecular weight is 373 g/mol. The minimum absolute atomic E-state index is 0.288. The van der Waals surface area contributed by atoms with Gasteiger partial charge in [-0.3, -0.25) is 4.79 Å². The number of amidine groups is 1. The third-order valence-electron chi connectivity index (χ3n) is 3.83. The highest BCUT2D eigenvalue weighted by atomic mass is 35.5. The SMILES string of the molecule is COc1ccc(/C=C2/N=C(c3ccc(OC)c(OC)c3)NC2=O)cc1Cl. The van der Waals surface area contributed by atoms with Gasteiger partial charge in [-0.2, -0.15) is 0 Å². The summed E-state index contributed by atoms with van der Waals surface area (Å²) >= 11 is 6.12. The maximum atomic E-state index is 12.2. The number of amides is 1. The molecule has 7 heteroatoms. The number of ether oxygens (including phenoxy) is 3. The summed E-state index contributed by atoms with van der Waals surface area (Å²) in [6.45, 7) is 0. The van der Waals surface area contributed by atoms with Crippen LogP contribution < -0.4 is 19.5 Å². The smallest absolute Gasteiger partial charge is 0.275 e. The molecule has 0 bridgehead atoms. The highest BCUT2D eigenvalue weighted by molar-refractivity contribution is 6.32. The molecule has 1 amide bonds. The maximum absolute atomic E-state index is 12.2. The van der Waals surface area contributed by atoms with Gasteiger partial charge in [-0.1, -0.05) is 17.7 Å². The lowest BCUT2D eigenvalue weighted by molar-refractivity contribution is -0.115. The van der Waals surface area contributed by atoms with Gasteiger partial charge in [0.2, 0.25) is 0 Å². The van der Waals surface area contributed by atoms with Crippen LogP contribution >= 0.6 is 11.6 Å². The first-order chi connectivity index (χ1) is 12.5. The number of carbonyl (C=O) groups excluding carboxylic acids is 1. The van der Waals surface area contributed by atoms with Gasteiger partial charge in [-0.05, 0) is 42.0 Å². The highest BCUT2D eigenvalue weighted by Gasteiger charge is 2.22. The molecule has 0 aliphatic carbocycles. The number of rotatable bonds is 5. The van der Waals surface area contributed by atoms with E-state index in [9.17, 15) is 4.79 Å². The Hall–Kier alpha value is -2.99. The predicted molar refractivity (Wildman–Crippen MR) is 100 cm³/mol. The minimum Gasteiger partial charge on any atom is -0.495 e. The molecule has 1 N–H and O–H groups in total. The van der Waals surface area contributed by atoms with Gasteiger partial charge in [-0.15, -0.1) is 0 Å². The summed E-state index contributed by atoms with van der Waals surface area (Å²) in [5, 5.41) is 3.22. The Labute approximate surface area is 156 Å². The van der Waals surface area contributed by atoms with Gasteiger partial charge in [0.15, 0.2) is 11.5 Å². The first-order valence-electron chi connectivity index (χ1n) is 7.73. The number of hydrogen-bond acceptors (Lipinski definition) is 5. The fourth-order valence-corrected chi connectivity index (χ4v) is 2.79. The molecule has 0 radical (unpaired) electrons. The molecule has 2 aromatic rings. The van der Waals surface area contributed by atoms with Gasteiger partial charge in [0.05, 0.1) is 26.4 Å². The zero-order valence-corrected chi connectivity index (χ0v) is 15.3. The van der Waals surface area contributed by atoms with Crippen molar-refractivity contribution in [2.75, 3.05) is 21.3 Å². The number of halogens is 1. The largest absolute Gasteiger partial charge is 0.495 e. The fourth-order valence-electron chi connectivity index (χ4n) is 2.52. The second-order valence-electron chi connectivity index (χ2n) is 5.41. The summed E-state index contributed by atoms with van der Waals surface area (Å²) in [6, 6.07) is 10.6. The van der Waals surface area contributed by atoms with Crippen molar-refractivity contribution < 1.29 is 19.0 Å². The van der Waals surface area contributed by atoms with Crippen LogP contribution in [0, 0.1) is 0 Å². The fraction of sp³-hybridized carbons (Fsp3) is 0.158. The van der Waals surface area contributed by atoms with E-state index in [0.717, 1.165) is 5.56 Å². The average Bonchev–Trinajstić information content (AvgIpc) is 3.01. The molecule has 26 heavy (non-hydrogen) atoms. The Balaban J connectivity index is 1.93. The summed E-state index contributed by atoms with van der Waals surface area (Å²) < 4.78 is 15.6.